The first-order chi connectivity index (χ1) is 13.7. The summed E-state index contributed by atoms with van der Waals surface area (Å²) in [5.41, 5.74) is -1.02. The quantitative estimate of drug-likeness (QED) is 0.517. The fourth-order valence-electron chi connectivity index (χ4n) is 3.09. The number of carbonyl (C=O) groups is 2. The van der Waals surface area contributed by atoms with Gasteiger partial charge >= 0.3 is 12.2 Å². The summed E-state index contributed by atoms with van der Waals surface area (Å²) in [6.45, 7) is 15.9. The van der Waals surface area contributed by atoms with E-state index in [2.05, 4.69) is 27.4 Å². The molecule has 0 radical (unpaired) electrons. The van der Waals surface area contributed by atoms with Gasteiger partial charge in [-0.1, -0.05) is 6.92 Å². The molecule has 1 fully saturated rings. The van der Waals surface area contributed by atoms with Crippen molar-refractivity contribution in [3.63, 3.8) is 0 Å². The number of hydrogen-bond acceptors (Lipinski definition) is 5. The minimum Gasteiger partial charge on any atom is -0.444 e. The van der Waals surface area contributed by atoms with Crippen LogP contribution in [-0.4, -0.2) is 85.5 Å². The number of hydrogen-bond donors (Lipinski definition) is 2. The molecule has 0 aliphatic carbocycles. The van der Waals surface area contributed by atoms with Gasteiger partial charge in [0.05, 0.1) is 6.04 Å². The number of nitrogens with one attached hydrogen (secondary N) is 2. The van der Waals surface area contributed by atoms with Gasteiger partial charge in [-0.25, -0.2) is 9.59 Å². The molecule has 0 aromatic rings. The van der Waals surface area contributed by atoms with Crippen molar-refractivity contribution in [3.8, 4) is 0 Å². The molecule has 2 N–H and O–H groups in total. The Morgan fingerprint density at radius 3 is 2.30 bits per heavy atom. The van der Waals surface area contributed by atoms with Crippen molar-refractivity contribution in [3.05, 3.63) is 0 Å². The van der Waals surface area contributed by atoms with Crippen LogP contribution in [0.2, 0.25) is 0 Å². The summed E-state index contributed by atoms with van der Waals surface area (Å²) in [6.07, 6.45) is 0.113. The van der Waals surface area contributed by atoms with Gasteiger partial charge in [-0.3, -0.25) is 4.99 Å². The largest absolute Gasteiger partial charge is 0.444 e. The van der Waals surface area contributed by atoms with Crippen molar-refractivity contribution >= 4 is 18.1 Å². The zero-order chi connectivity index (χ0) is 23.1. The minimum atomic E-state index is -0.511. The van der Waals surface area contributed by atoms with E-state index in [-0.39, 0.29) is 18.1 Å². The van der Waals surface area contributed by atoms with E-state index in [4.69, 9.17) is 9.47 Å². The van der Waals surface area contributed by atoms with Crippen molar-refractivity contribution in [2.24, 2.45) is 10.9 Å². The van der Waals surface area contributed by atoms with Crippen molar-refractivity contribution in [1.82, 2.24) is 20.4 Å². The molecule has 2 atom stereocenters. The van der Waals surface area contributed by atoms with Crippen LogP contribution in [0.25, 0.3) is 0 Å². The lowest BCUT2D eigenvalue weighted by Gasteiger charge is -2.27. The lowest BCUT2D eigenvalue weighted by molar-refractivity contribution is 0.0277. The van der Waals surface area contributed by atoms with Gasteiger partial charge in [0.2, 0.25) is 0 Å². The summed E-state index contributed by atoms with van der Waals surface area (Å²) in [5, 5.41) is 6.29. The molecule has 1 aliphatic rings. The molecule has 1 aliphatic heterocycles. The smallest absolute Gasteiger partial charge is 0.410 e. The van der Waals surface area contributed by atoms with E-state index >= 15 is 0 Å². The Labute approximate surface area is 181 Å². The van der Waals surface area contributed by atoms with E-state index in [0.717, 1.165) is 18.9 Å². The highest BCUT2D eigenvalue weighted by molar-refractivity contribution is 5.80. The second-order valence-electron chi connectivity index (χ2n) is 9.97. The van der Waals surface area contributed by atoms with Gasteiger partial charge in [0, 0.05) is 40.3 Å². The van der Waals surface area contributed by atoms with Crippen LogP contribution in [0.4, 0.5) is 9.59 Å². The molecule has 1 saturated heterocycles. The lowest BCUT2D eigenvalue weighted by atomic mass is 10.1. The fraction of sp³-hybridized carbons (Fsp3) is 0.857. The molecule has 0 aromatic heterocycles. The van der Waals surface area contributed by atoms with Crippen LogP contribution in [0, 0.1) is 5.92 Å². The molecular weight excluding hydrogens is 386 g/mol. The number of rotatable bonds is 5. The third kappa shape index (κ3) is 10.0. The first kappa shape index (κ1) is 25.8. The highest BCUT2D eigenvalue weighted by Crippen LogP contribution is 2.13. The predicted molar refractivity (Wildman–Crippen MR) is 119 cm³/mol. The molecule has 1 rings (SSSR count). The molecule has 174 valence electrons. The summed E-state index contributed by atoms with van der Waals surface area (Å²) < 4.78 is 10.7. The Bertz CT molecular complexity index is 609. The van der Waals surface area contributed by atoms with Gasteiger partial charge in [0.25, 0.3) is 0 Å². The van der Waals surface area contributed by atoms with Crippen molar-refractivity contribution in [2.75, 3.05) is 40.3 Å². The maximum Gasteiger partial charge on any atom is 0.410 e. The van der Waals surface area contributed by atoms with Crippen LogP contribution < -0.4 is 10.6 Å². The van der Waals surface area contributed by atoms with Crippen LogP contribution in [0.3, 0.4) is 0 Å². The Hall–Kier alpha value is -2.19. The maximum atomic E-state index is 12.1. The minimum absolute atomic E-state index is 0.0223. The van der Waals surface area contributed by atoms with Gasteiger partial charge in [-0.2, -0.15) is 0 Å². The zero-order valence-electron chi connectivity index (χ0n) is 20.2. The number of likely N-dealkylation sites (tertiary alicyclic amines) is 1. The van der Waals surface area contributed by atoms with E-state index in [9.17, 15) is 9.59 Å². The van der Waals surface area contributed by atoms with Gasteiger partial charge < -0.3 is 29.9 Å². The summed E-state index contributed by atoms with van der Waals surface area (Å²) in [4.78, 5) is 32.2. The van der Waals surface area contributed by atoms with E-state index in [1.807, 2.05) is 41.5 Å². The summed E-state index contributed by atoms with van der Waals surface area (Å²) in [7, 11) is 3.49. The summed E-state index contributed by atoms with van der Waals surface area (Å²) in [6, 6.07) is 0.0223. The number of aliphatic imine (C=N–C) groups is 1. The van der Waals surface area contributed by atoms with Crippen molar-refractivity contribution in [1.29, 1.82) is 0 Å². The average molecular weight is 428 g/mol. The molecule has 9 nitrogen and oxygen atoms in total. The topological polar surface area (TPSA) is 95.5 Å². The van der Waals surface area contributed by atoms with E-state index in [0.29, 0.717) is 19.6 Å². The Morgan fingerprint density at radius 1 is 1.17 bits per heavy atom. The average Bonchev–Trinajstić information content (AvgIpc) is 3.00. The highest BCUT2D eigenvalue weighted by Gasteiger charge is 2.28. The molecule has 2 unspecified atom stereocenters. The van der Waals surface area contributed by atoms with Crippen LogP contribution in [0.15, 0.2) is 4.99 Å². The third-order valence-electron chi connectivity index (χ3n) is 4.32. The Balaban J connectivity index is 2.44. The molecule has 0 aromatic carbocycles. The van der Waals surface area contributed by atoms with E-state index < -0.39 is 17.3 Å². The van der Waals surface area contributed by atoms with Gasteiger partial charge in [-0.15, -0.1) is 0 Å². The van der Waals surface area contributed by atoms with Gasteiger partial charge in [0.1, 0.15) is 11.2 Å². The van der Waals surface area contributed by atoms with Gasteiger partial charge in [0.15, 0.2) is 5.96 Å². The highest BCUT2D eigenvalue weighted by atomic mass is 16.6. The maximum absolute atomic E-state index is 12.1. The molecule has 0 bridgehead atoms. The van der Waals surface area contributed by atoms with E-state index in [1.165, 1.54) is 0 Å². The molecule has 9 heteroatoms. The molecule has 0 spiro atoms. The number of nitrogens with zero attached hydrogens (tertiary/aromatic N) is 3. The first-order valence-corrected chi connectivity index (χ1v) is 10.6. The number of carbonyl (C=O) groups excluding carboxylic acids is 2. The van der Waals surface area contributed by atoms with Crippen molar-refractivity contribution < 1.29 is 19.1 Å². The molecule has 2 amide bonds. The number of amides is 2. The zero-order valence-corrected chi connectivity index (χ0v) is 20.2. The van der Waals surface area contributed by atoms with Crippen LogP contribution in [0.5, 0.6) is 0 Å². The lowest BCUT2D eigenvalue weighted by Crippen LogP contribution is -2.46. The Kier molecular flexibility index (Phi) is 9.24. The summed E-state index contributed by atoms with van der Waals surface area (Å²) >= 11 is 0. The number of alkyl carbamates (subject to hydrolysis) is 1. The van der Waals surface area contributed by atoms with Gasteiger partial charge in [-0.05, 0) is 53.9 Å². The summed E-state index contributed by atoms with van der Waals surface area (Å²) in [5.74, 6) is 0.993. The monoisotopic (exact) mass is 427 g/mol. The normalized spacial score (nSPS) is 18.6. The standard InChI is InChI=1S/C21H41N5O4/c1-15(13-25(9)19(28)30-21(5,6)7)12-23-17(22-8)26-11-10-16(14-26)24-18(27)29-20(2,3)4/h15-16H,10-14H2,1-9H3,(H,22,23)(H,24,27). The molecule has 30 heavy (non-hydrogen) atoms. The van der Waals surface area contributed by atoms with Crippen LogP contribution in [-0.2, 0) is 9.47 Å². The first-order valence-electron chi connectivity index (χ1n) is 10.6. The molecular formula is C21H41N5O4. The second-order valence-corrected chi connectivity index (χ2v) is 9.97. The fourth-order valence-corrected chi connectivity index (χ4v) is 3.09. The van der Waals surface area contributed by atoms with E-state index in [1.54, 1.807) is 19.0 Å². The molecule has 1 heterocycles. The number of guanidine groups is 1. The van der Waals surface area contributed by atoms with Crippen LogP contribution >= 0.6 is 0 Å². The number of ether oxygens (including phenoxy) is 2. The SMILES string of the molecule is CN=C(NCC(C)CN(C)C(=O)OC(C)(C)C)N1CCC(NC(=O)OC(C)(C)C)C1. The van der Waals surface area contributed by atoms with Crippen LogP contribution in [0.1, 0.15) is 54.9 Å². The second kappa shape index (κ2) is 10.7. The Morgan fingerprint density at radius 2 is 1.77 bits per heavy atom. The van der Waals surface area contributed by atoms with Crippen molar-refractivity contribution in [2.45, 2.75) is 72.1 Å². The third-order valence-corrected chi connectivity index (χ3v) is 4.32. The predicted octanol–water partition coefficient (Wildman–Crippen LogP) is 2.66. The molecule has 0 saturated carbocycles.